The van der Waals surface area contributed by atoms with Crippen LogP contribution < -0.4 is 14.8 Å². The number of ether oxygens (including phenoxy) is 2. The van der Waals surface area contributed by atoms with Crippen molar-refractivity contribution in [3.05, 3.63) is 46.5 Å². The zero-order valence-electron chi connectivity index (χ0n) is 14.2. The van der Waals surface area contributed by atoms with Crippen LogP contribution in [0.2, 0.25) is 5.02 Å². The Balaban J connectivity index is 2.39. The quantitative estimate of drug-likeness (QED) is 0.856. The standard InChI is InChI=1S/C17H18ClNO5S/c1-10-5-6-11(7-16(10)25(4,21)22)17(20)19-13-8-12(18)14(23-2)9-15(13)24-3/h5-9H,1-4H3,(H,19,20). The first-order chi connectivity index (χ1) is 11.7. The zero-order chi connectivity index (χ0) is 18.8. The fraction of sp³-hybridized carbons (Fsp3) is 0.235. The third-order valence-corrected chi connectivity index (χ3v) is 5.11. The van der Waals surface area contributed by atoms with E-state index in [9.17, 15) is 13.2 Å². The number of amides is 1. The van der Waals surface area contributed by atoms with Crippen LogP contribution in [-0.4, -0.2) is 34.8 Å². The minimum Gasteiger partial charge on any atom is -0.495 e. The monoisotopic (exact) mass is 383 g/mol. The molecule has 0 spiro atoms. The average Bonchev–Trinajstić information content (AvgIpc) is 2.54. The Morgan fingerprint density at radius 1 is 1.08 bits per heavy atom. The third-order valence-electron chi connectivity index (χ3n) is 3.57. The average molecular weight is 384 g/mol. The molecule has 0 atom stereocenters. The maximum absolute atomic E-state index is 12.5. The van der Waals surface area contributed by atoms with Crippen molar-refractivity contribution < 1.29 is 22.7 Å². The second-order valence-electron chi connectivity index (χ2n) is 5.39. The van der Waals surface area contributed by atoms with Crippen LogP contribution in [-0.2, 0) is 9.84 Å². The predicted molar refractivity (Wildman–Crippen MR) is 96.8 cm³/mol. The summed E-state index contributed by atoms with van der Waals surface area (Å²) in [6.07, 6.45) is 1.10. The van der Waals surface area contributed by atoms with E-state index in [1.54, 1.807) is 25.1 Å². The van der Waals surface area contributed by atoms with Gasteiger partial charge in [-0.1, -0.05) is 17.7 Å². The Labute approximate surface area is 151 Å². The van der Waals surface area contributed by atoms with Gasteiger partial charge in [0.25, 0.3) is 5.91 Å². The molecule has 2 aromatic rings. The normalized spacial score (nSPS) is 11.1. The molecule has 0 aliphatic carbocycles. The lowest BCUT2D eigenvalue weighted by Gasteiger charge is -2.13. The van der Waals surface area contributed by atoms with Gasteiger partial charge in [-0.05, 0) is 30.7 Å². The first-order valence-corrected chi connectivity index (χ1v) is 9.48. The van der Waals surface area contributed by atoms with E-state index in [0.29, 0.717) is 27.8 Å². The largest absolute Gasteiger partial charge is 0.495 e. The van der Waals surface area contributed by atoms with Crippen molar-refractivity contribution in [2.45, 2.75) is 11.8 Å². The van der Waals surface area contributed by atoms with Crippen molar-refractivity contribution in [1.82, 2.24) is 0 Å². The van der Waals surface area contributed by atoms with Crippen LogP contribution >= 0.6 is 11.6 Å². The summed E-state index contributed by atoms with van der Waals surface area (Å²) in [7, 11) is -0.513. The minimum atomic E-state index is -3.43. The number of sulfone groups is 1. The first-order valence-electron chi connectivity index (χ1n) is 7.21. The molecule has 0 unspecified atom stereocenters. The summed E-state index contributed by atoms with van der Waals surface area (Å²) in [4.78, 5) is 12.6. The molecule has 1 amide bonds. The SMILES string of the molecule is COc1cc(OC)c(NC(=O)c2ccc(C)c(S(C)(=O)=O)c2)cc1Cl. The molecule has 0 saturated carbocycles. The number of hydrogen-bond donors (Lipinski definition) is 1. The third kappa shape index (κ3) is 4.24. The van der Waals surface area contributed by atoms with E-state index in [-0.39, 0.29) is 10.5 Å². The number of carbonyl (C=O) groups is 1. The summed E-state index contributed by atoms with van der Waals surface area (Å²) in [5.74, 6) is 0.292. The Bertz CT molecular complexity index is 925. The van der Waals surface area contributed by atoms with Crippen LogP contribution in [0.4, 0.5) is 5.69 Å². The second kappa shape index (κ2) is 7.33. The Morgan fingerprint density at radius 2 is 1.72 bits per heavy atom. The number of hydrogen-bond acceptors (Lipinski definition) is 5. The van der Waals surface area contributed by atoms with Crippen LogP contribution in [0.1, 0.15) is 15.9 Å². The van der Waals surface area contributed by atoms with Gasteiger partial charge in [-0.2, -0.15) is 0 Å². The number of aryl methyl sites for hydroxylation is 1. The molecule has 1 N–H and O–H groups in total. The number of halogens is 1. The summed E-state index contributed by atoms with van der Waals surface area (Å²) >= 11 is 6.08. The van der Waals surface area contributed by atoms with E-state index in [0.717, 1.165) is 6.26 Å². The van der Waals surface area contributed by atoms with Gasteiger partial charge in [-0.3, -0.25) is 4.79 Å². The van der Waals surface area contributed by atoms with E-state index in [2.05, 4.69) is 5.32 Å². The molecule has 2 aromatic carbocycles. The summed E-state index contributed by atoms with van der Waals surface area (Å²) in [6.45, 7) is 1.67. The summed E-state index contributed by atoms with van der Waals surface area (Å²) < 4.78 is 34.0. The van der Waals surface area contributed by atoms with Crippen LogP contribution in [0.3, 0.4) is 0 Å². The fourth-order valence-corrected chi connectivity index (χ4v) is 3.53. The summed E-state index contributed by atoms with van der Waals surface area (Å²) in [5.41, 5.74) is 1.13. The Morgan fingerprint density at radius 3 is 2.28 bits per heavy atom. The molecule has 0 fully saturated rings. The van der Waals surface area contributed by atoms with Crippen molar-refractivity contribution in [3.63, 3.8) is 0 Å². The maximum atomic E-state index is 12.5. The lowest BCUT2D eigenvalue weighted by molar-refractivity contribution is 0.102. The first kappa shape index (κ1) is 19.1. The fourth-order valence-electron chi connectivity index (χ4n) is 2.29. The molecule has 134 valence electrons. The van der Waals surface area contributed by atoms with Crippen molar-refractivity contribution in [2.24, 2.45) is 0 Å². The summed E-state index contributed by atoms with van der Waals surface area (Å²) in [6, 6.07) is 7.54. The summed E-state index contributed by atoms with van der Waals surface area (Å²) in [5, 5.41) is 2.97. The number of rotatable bonds is 5. The van der Waals surface area contributed by atoms with E-state index >= 15 is 0 Å². The molecule has 6 nitrogen and oxygen atoms in total. The number of anilines is 1. The van der Waals surface area contributed by atoms with Gasteiger partial charge < -0.3 is 14.8 Å². The van der Waals surface area contributed by atoms with E-state index in [1.165, 1.54) is 26.4 Å². The lowest BCUT2D eigenvalue weighted by atomic mass is 10.1. The highest BCUT2D eigenvalue weighted by atomic mass is 35.5. The number of methoxy groups -OCH3 is 2. The molecule has 0 bridgehead atoms. The maximum Gasteiger partial charge on any atom is 0.255 e. The molecule has 0 aliphatic rings. The van der Waals surface area contributed by atoms with Crippen molar-refractivity contribution in [2.75, 3.05) is 25.8 Å². The van der Waals surface area contributed by atoms with Gasteiger partial charge in [0.1, 0.15) is 11.5 Å². The van der Waals surface area contributed by atoms with Gasteiger partial charge in [0.15, 0.2) is 9.84 Å². The second-order valence-corrected chi connectivity index (χ2v) is 7.78. The van der Waals surface area contributed by atoms with Crippen molar-refractivity contribution >= 4 is 33.0 Å². The van der Waals surface area contributed by atoms with Crippen molar-refractivity contribution in [1.29, 1.82) is 0 Å². The lowest BCUT2D eigenvalue weighted by Crippen LogP contribution is -2.14. The van der Waals surface area contributed by atoms with Gasteiger partial charge >= 0.3 is 0 Å². The van der Waals surface area contributed by atoms with E-state index < -0.39 is 15.7 Å². The minimum absolute atomic E-state index is 0.111. The van der Waals surface area contributed by atoms with Crippen LogP contribution in [0, 0.1) is 6.92 Å². The Hall–Kier alpha value is -2.25. The van der Waals surface area contributed by atoms with Crippen LogP contribution in [0.15, 0.2) is 35.2 Å². The molecule has 0 aliphatic heterocycles. The highest BCUT2D eigenvalue weighted by Gasteiger charge is 2.17. The van der Waals surface area contributed by atoms with E-state index in [4.69, 9.17) is 21.1 Å². The number of benzene rings is 2. The number of nitrogens with one attached hydrogen (secondary N) is 1. The van der Waals surface area contributed by atoms with Gasteiger partial charge in [0.05, 0.1) is 29.8 Å². The highest BCUT2D eigenvalue weighted by Crippen LogP contribution is 2.36. The van der Waals surface area contributed by atoms with Gasteiger partial charge in [0.2, 0.25) is 0 Å². The molecule has 0 aromatic heterocycles. The highest BCUT2D eigenvalue weighted by molar-refractivity contribution is 7.90. The van der Waals surface area contributed by atoms with Gasteiger partial charge in [-0.25, -0.2) is 8.42 Å². The molecule has 0 heterocycles. The molecule has 25 heavy (non-hydrogen) atoms. The van der Waals surface area contributed by atoms with E-state index in [1.807, 2.05) is 0 Å². The molecule has 0 saturated heterocycles. The van der Waals surface area contributed by atoms with Crippen LogP contribution in [0.25, 0.3) is 0 Å². The zero-order valence-corrected chi connectivity index (χ0v) is 15.8. The van der Waals surface area contributed by atoms with Gasteiger partial charge in [0, 0.05) is 17.9 Å². The van der Waals surface area contributed by atoms with Gasteiger partial charge in [-0.15, -0.1) is 0 Å². The van der Waals surface area contributed by atoms with Crippen molar-refractivity contribution in [3.8, 4) is 11.5 Å². The molecule has 0 radical (unpaired) electrons. The van der Waals surface area contributed by atoms with Crippen LogP contribution in [0.5, 0.6) is 11.5 Å². The topological polar surface area (TPSA) is 81.7 Å². The Kier molecular flexibility index (Phi) is 5.59. The smallest absolute Gasteiger partial charge is 0.255 e. The molecule has 2 rings (SSSR count). The number of carbonyl (C=O) groups excluding carboxylic acids is 1. The molecular formula is C17H18ClNO5S. The predicted octanol–water partition coefficient (Wildman–Crippen LogP) is 3.32. The molecule has 8 heteroatoms. The molecular weight excluding hydrogens is 366 g/mol.